The fourth-order valence-corrected chi connectivity index (χ4v) is 4.83. The Balaban J connectivity index is 1.64. The second-order valence-electron chi connectivity index (χ2n) is 7.73. The summed E-state index contributed by atoms with van der Waals surface area (Å²) in [6.45, 7) is 0. The highest BCUT2D eigenvalue weighted by Gasteiger charge is 2.61. The Morgan fingerprint density at radius 3 is 2.44 bits per heavy atom. The molecule has 11 heteroatoms. The van der Waals surface area contributed by atoms with Crippen LogP contribution in [0, 0.1) is 21.8 Å². The minimum Gasteiger partial charge on any atom is -0.273 e. The van der Waals surface area contributed by atoms with Gasteiger partial charge in [-0.05, 0) is 35.9 Å². The van der Waals surface area contributed by atoms with Crippen LogP contribution in [0.1, 0.15) is 11.6 Å². The molecule has 3 aromatic carbocycles. The molecular weight excluding hydrogens is 488 g/mol. The number of para-hydroxylation sites is 1. The first kappa shape index (κ1) is 22.3. The van der Waals surface area contributed by atoms with Crippen LogP contribution in [0.5, 0.6) is 0 Å². The van der Waals surface area contributed by atoms with Crippen LogP contribution in [-0.2, 0) is 14.4 Å². The van der Waals surface area contributed by atoms with Crippen molar-refractivity contribution >= 4 is 52.1 Å². The van der Waals surface area contributed by atoms with E-state index in [-0.39, 0.29) is 22.1 Å². The second kappa shape index (κ2) is 8.35. The van der Waals surface area contributed by atoms with Crippen molar-refractivity contribution in [3.8, 4) is 0 Å². The van der Waals surface area contributed by atoms with Crippen molar-refractivity contribution in [2.75, 3.05) is 9.96 Å². The van der Waals surface area contributed by atoms with E-state index >= 15 is 0 Å². The topological polar surface area (TPSA) is 93.0 Å². The third kappa shape index (κ3) is 3.49. The second-order valence-corrected chi connectivity index (χ2v) is 8.57. The van der Waals surface area contributed by atoms with Gasteiger partial charge in [0.2, 0.25) is 5.91 Å². The number of hydroxylamine groups is 1. The fraction of sp³-hybridized carbons (Fsp3) is 0.130. The average Bonchev–Trinajstić information content (AvgIpc) is 3.31. The number of hydrogen-bond acceptors (Lipinski definition) is 6. The predicted octanol–water partition coefficient (Wildman–Crippen LogP) is 5.09. The number of benzene rings is 3. The third-order valence-electron chi connectivity index (χ3n) is 5.78. The summed E-state index contributed by atoms with van der Waals surface area (Å²) < 4.78 is 14.5. The molecule has 2 aliphatic heterocycles. The van der Waals surface area contributed by atoms with Gasteiger partial charge < -0.3 is 0 Å². The van der Waals surface area contributed by atoms with E-state index in [0.717, 1.165) is 11.0 Å². The maximum atomic E-state index is 14.5. The lowest BCUT2D eigenvalue weighted by Gasteiger charge is -2.29. The number of hydrogen-bond donors (Lipinski definition) is 0. The van der Waals surface area contributed by atoms with Crippen molar-refractivity contribution in [2.45, 2.75) is 12.1 Å². The quantitative estimate of drug-likeness (QED) is 0.280. The monoisotopic (exact) mass is 501 g/mol. The summed E-state index contributed by atoms with van der Waals surface area (Å²) >= 11 is 12.5. The van der Waals surface area contributed by atoms with E-state index in [2.05, 4.69) is 0 Å². The first-order valence-corrected chi connectivity index (χ1v) is 10.8. The molecule has 2 aliphatic rings. The van der Waals surface area contributed by atoms with Crippen molar-refractivity contribution in [1.82, 2.24) is 0 Å². The van der Waals surface area contributed by atoms with Gasteiger partial charge >= 0.3 is 0 Å². The average molecular weight is 502 g/mol. The molecule has 0 saturated carbocycles. The van der Waals surface area contributed by atoms with Gasteiger partial charge in [0.05, 0.1) is 22.3 Å². The van der Waals surface area contributed by atoms with Crippen LogP contribution in [0.3, 0.4) is 0 Å². The number of anilines is 2. The lowest BCUT2D eigenvalue weighted by atomic mass is 9.90. The first-order valence-electron chi connectivity index (χ1n) is 10.1. The predicted molar refractivity (Wildman–Crippen MR) is 122 cm³/mol. The van der Waals surface area contributed by atoms with Crippen LogP contribution in [0.4, 0.5) is 21.5 Å². The smallest absolute Gasteiger partial charge is 0.271 e. The van der Waals surface area contributed by atoms with E-state index in [1.54, 1.807) is 18.2 Å². The molecular formula is C23H14Cl2FN3O5. The molecule has 0 unspecified atom stereocenters. The van der Waals surface area contributed by atoms with Crippen LogP contribution >= 0.6 is 23.2 Å². The molecule has 5 rings (SSSR count). The van der Waals surface area contributed by atoms with Crippen molar-refractivity contribution < 1.29 is 23.7 Å². The van der Waals surface area contributed by atoms with E-state index in [9.17, 15) is 24.1 Å². The zero-order chi connectivity index (χ0) is 24.1. The van der Waals surface area contributed by atoms with Crippen LogP contribution in [-0.4, -0.2) is 22.8 Å². The number of nitro benzene ring substituents is 1. The molecule has 172 valence electrons. The number of nitro groups is 1. The van der Waals surface area contributed by atoms with Crippen molar-refractivity contribution in [2.24, 2.45) is 5.92 Å². The summed E-state index contributed by atoms with van der Waals surface area (Å²) in [6.07, 6.45) is -1.29. The van der Waals surface area contributed by atoms with Gasteiger partial charge in [-0.25, -0.2) is 14.4 Å². The Morgan fingerprint density at radius 2 is 1.74 bits per heavy atom. The standard InChI is InChI=1S/C23H14Cl2FN3O5/c24-12-8-9-15(16(25)10-12)20-19-21(34-28(20)13-4-3-5-14(11-13)29(32)33)23(31)27(22(19)30)18-7-2-1-6-17(18)26/h1-11,19-21H/t19-,20+,21+/m1/s1. The maximum absolute atomic E-state index is 14.5. The number of imide groups is 1. The molecule has 0 aliphatic carbocycles. The zero-order valence-electron chi connectivity index (χ0n) is 17.1. The Kier molecular flexibility index (Phi) is 5.47. The number of halogens is 3. The summed E-state index contributed by atoms with van der Waals surface area (Å²) in [4.78, 5) is 44.2. The van der Waals surface area contributed by atoms with Gasteiger partial charge in [-0.1, -0.05) is 47.5 Å². The minimum absolute atomic E-state index is 0.182. The molecule has 8 nitrogen and oxygen atoms in total. The summed E-state index contributed by atoms with van der Waals surface area (Å²) in [5.74, 6) is -3.25. The molecule has 0 radical (unpaired) electrons. The van der Waals surface area contributed by atoms with Crippen LogP contribution < -0.4 is 9.96 Å². The lowest BCUT2D eigenvalue weighted by molar-refractivity contribution is -0.384. The Hall–Kier alpha value is -3.53. The van der Waals surface area contributed by atoms with Gasteiger partial charge in [-0.3, -0.25) is 24.5 Å². The summed E-state index contributed by atoms with van der Waals surface area (Å²) in [5.41, 5.74) is 0.280. The lowest BCUT2D eigenvalue weighted by Crippen LogP contribution is -2.38. The number of fused-ring (bicyclic) bond motifs is 1. The molecule has 2 saturated heterocycles. The molecule has 0 N–H and O–H groups in total. The largest absolute Gasteiger partial charge is 0.273 e. The highest BCUT2D eigenvalue weighted by molar-refractivity contribution is 6.35. The van der Waals surface area contributed by atoms with E-state index in [0.29, 0.717) is 10.6 Å². The van der Waals surface area contributed by atoms with Gasteiger partial charge in [-0.2, -0.15) is 0 Å². The van der Waals surface area contributed by atoms with Crippen LogP contribution in [0.15, 0.2) is 66.7 Å². The van der Waals surface area contributed by atoms with Gasteiger partial charge in [0.25, 0.3) is 11.6 Å². The molecule has 0 spiro atoms. The Morgan fingerprint density at radius 1 is 0.971 bits per heavy atom. The highest BCUT2D eigenvalue weighted by Crippen LogP contribution is 2.49. The Labute approximate surface area is 202 Å². The van der Waals surface area contributed by atoms with Gasteiger partial charge in [0.15, 0.2) is 6.10 Å². The number of amides is 2. The number of non-ortho nitro benzene ring substituents is 1. The molecule has 2 amide bonds. The molecule has 3 aromatic rings. The highest BCUT2D eigenvalue weighted by atomic mass is 35.5. The Bertz CT molecular complexity index is 1350. The molecule has 0 bridgehead atoms. The SMILES string of the molecule is O=C1[C@H]2[C@H](ON(c3cccc([N+](=O)[O-])c3)[C@H]2c2ccc(Cl)cc2Cl)C(=O)N1c1ccccc1F. The van der Waals surface area contributed by atoms with E-state index in [1.807, 2.05) is 0 Å². The fourth-order valence-electron chi connectivity index (χ4n) is 4.31. The van der Waals surface area contributed by atoms with Gasteiger partial charge in [-0.15, -0.1) is 0 Å². The normalized spacial score (nSPS) is 21.8. The molecule has 2 fully saturated rings. The van der Waals surface area contributed by atoms with Gasteiger partial charge in [0, 0.05) is 22.2 Å². The minimum atomic E-state index is -1.29. The molecule has 2 heterocycles. The van der Waals surface area contributed by atoms with Crippen molar-refractivity contribution in [3.05, 3.63) is 98.3 Å². The third-order valence-corrected chi connectivity index (χ3v) is 6.35. The van der Waals surface area contributed by atoms with Crippen LogP contribution in [0.25, 0.3) is 0 Å². The number of carbonyl (C=O) groups excluding carboxylic acids is 2. The first-order chi connectivity index (χ1) is 16.3. The van der Waals surface area contributed by atoms with E-state index in [1.165, 1.54) is 47.5 Å². The van der Waals surface area contributed by atoms with E-state index < -0.39 is 40.6 Å². The van der Waals surface area contributed by atoms with Crippen LogP contribution in [0.2, 0.25) is 10.0 Å². The van der Waals surface area contributed by atoms with Crippen molar-refractivity contribution in [3.63, 3.8) is 0 Å². The zero-order valence-corrected chi connectivity index (χ0v) is 18.6. The summed E-state index contributed by atoms with van der Waals surface area (Å²) in [7, 11) is 0. The molecule has 34 heavy (non-hydrogen) atoms. The van der Waals surface area contributed by atoms with Gasteiger partial charge in [0.1, 0.15) is 11.7 Å². The summed E-state index contributed by atoms with van der Waals surface area (Å²) in [5, 5.41) is 13.1. The molecule has 0 aromatic heterocycles. The number of nitrogens with zero attached hydrogens (tertiary/aromatic N) is 3. The van der Waals surface area contributed by atoms with Crippen molar-refractivity contribution in [1.29, 1.82) is 0 Å². The number of rotatable bonds is 4. The van der Waals surface area contributed by atoms with E-state index in [4.69, 9.17) is 28.0 Å². The summed E-state index contributed by atoms with van der Waals surface area (Å²) in [6, 6.07) is 14.7. The maximum Gasteiger partial charge on any atom is 0.271 e. The molecule has 3 atom stereocenters. The number of carbonyl (C=O) groups is 2.